The molecule has 0 bridgehead atoms. The summed E-state index contributed by atoms with van der Waals surface area (Å²) in [5.74, 6) is 0. The summed E-state index contributed by atoms with van der Waals surface area (Å²) in [5, 5.41) is 0. The van der Waals surface area contributed by atoms with Gasteiger partial charge in [0.1, 0.15) is 0 Å². The molecule has 2 aromatic rings. The van der Waals surface area contributed by atoms with Gasteiger partial charge in [-0.1, -0.05) is 0 Å². The van der Waals surface area contributed by atoms with Gasteiger partial charge in [-0.3, -0.25) is 33.7 Å². The molecular formula is C10H38Fe2N4O24S4+8. The van der Waals surface area contributed by atoms with E-state index in [0.29, 0.717) is 0 Å². The van der Waals surface area contributed by atoms with E-state index in [1.165, 1.54) is 0 Å². The Morgan fingerprint density at radius 3 is 0.523 bits per heavy atom. The maximum Gasteiger partial charge on any atom is 3.00 e. The van der Waals surface area contributed by atoms with Gasteiger partial charge in [0.05, 0.1) is 0 Å². The van der Waals surface area contributed by atoms with E-state index in [1.54, 1.807) is 49.1 Å². The molecule has 0 aliphatic heterocycles. The van der Waals surface area contributed by atoms with Crippen LogP contribution in [0.1, 0.15) is 0 Å². The standard InChI is InChI=1S/2C5H6N2.2Fe.4H2O4S.8H2O/c2*6-5-1-3-7-4-2-5;;;4*1-5(2,3)4;;;;;;;;/h2*1-4H,(H2,6,7);;;4*(H2,1,2,3,4);8*1H2/q;;2*+3;;;;;;;;;;;;/p+2. The number of H-pyrrole nitrogens is 2. The Kier molecular flexibility index (Phi) is 93.2. The largest absolute Gasteiger partial charge is 3.00 e. The topological polar surface area (TPSA) is 665 Å². The predicted molar refractivity (Wildman–Crippen MR) is 136 cm³/mol. The van der Waals surface area contributed by atoms with Gasteiger partial charge in [0.25, 0.3) is 0 Å². The molecule has 0 saturated heterocycles. The number of hydrogen-bond donors (Lipinski definition) is 2. The Labute approximate surface area is 270 Å². The van der Waals surface area contributed by atoms with E-state index in [-0.39, 0.29) is 77.9 Å². The molecule has 0 aliphatic carbocycles. The normalized spacial score (nSPS) is 8.00. The van der Waals surface area contributed by atoms with Crippen LogP contribution in [0, 0.1) is 0 Å². The van der Waals surface area contributed by atoms with Crippen LogP contribution in [0.4, 0.5) is 11.4 Å². The first kappa shape index (κ1) is 90.1. The summed E-state index contributed by atoms with van der Waals surface area (Å²) in [6, 6.07) is 7.22. The molecule has 30 N–H and O–H groups in total. The number of rotatable bonds is 0. The molecule has 274 valence electrons. The van der Waals surface area contributed by atoms with Crippen LogP contribution in [-0.4, -0.2) is 70.1 Å². The SMILES string of the molecule is Nc1cc[nH+]cc1.Nc1cc[nH+]cc1.O=S(=O)([O-])[O-].O=S(=O)([O-])[O-].O=S(=O)([O-])[O-].O=S(=O)([O-])[O-].[Fe+3].[Fe+3].[OH3+].[OH3+].[OH3+].[OH3+].[OH3+].[OH3+].[OH3+].[OH3+]. The average molecular weight is 838 g/mol. The first-order valence-corrected chi connectivity index (χ1v) is 12.2. The van der Waals surface area contributed by atoms with Crippen LogP contribution in [0.25, 0.3) is 0 Å². The van der Waals surface area contributed by atoms with Gasteiger partial charge in [-0.25, -0.2) is 9.97 Å². The summed E-state index contributed by atoms with van der Waals surface area (Å²) in [5.41, 5.74) is 12.3. The molecule has 0 fully saturated rings. The van der Waals surface area contributed by atoms with E-state index < -0.39 is 41.6 Å². The fourth-order valence-electron chi connectivity index (χ4n) is 0.800. The fraction of sp³-hybridized carbons (Fsp3) is 0. The van der Waals surface area contributed by atoms with Crippen molar-refractivity contribution in [3.05, 3.63) is 49.1 Å². The summed E-state index contributed by atoms with van der Waals surface area (Å²) in [6.07, 6.45) is 7.15. The van der Waals surface area contributed by atoms with Crippen molar-refractivity contribution in [2.24, 2.45) is 0 Å². The van der Waals surface area contributed by atoms with Crippen molar-refractivity contribution < 1.29 is 158 Å². The minimum Gasteiger partial charge on any atom is -0.759 e. The van der Waals surface area contributed by atoms with Crippen LogP contribution in [0.3, 0.4) is 0 Å². The van der Waals surface area contributed by atoms with Gasteiger partial charge in [0.15, 0.2) is 24.8 Å². The molecule has 0 aromatic carbocycles. The zero-order chi connectivity index (χ0) is 28.2. The van der Waals surface area contributed by atoms with Crippen molar-refractivity contribution in [2.75, 3.05) is 11.5 Å². The molecule has 2 aromatic heterocycles. The van der Waals surface area contributed by atoms with Crippen molar-refractivity contribution in [1.82, 2.24) is 0 Å². The van der Waals surface area contributed by atoms with Crippen molar-refractivity contribution in [3.8, 4) is 0 Å². The van der Waals surface area contributed by atoms with Gasteiger partial charge in [-0.05, 0) is 0 Å². The van der Waals surface area contributed by atoms with Gasteiger partial charge in [0, 0.05) is 77.2 Å². The van der Waals surface area contributed by atoms with Crippen LogP contribution in [-0.2, 0) is 120 Å². The van der Waals surface area contributed by atoms with Gasteiger partial charge in [0.2, 0.25) is 0 Å². The van der Waals surface area contributed by atoms with Gasteiger partial charge < -0.3 is 91.7 Å². The molecular weight excluding hydrogens is 800 g/mol. The minimum atomic E-state index is -5.17. The minimum absolute atomic E-state index is 0. The van der Waals surface area contributed by atoms with Gasteiger partial charge >= 0.3 is 34.1 Å². The van der Waals surface area contributed by atoms with Crippen LogP contribution in [0.2, 0.25) is 0 Å². The molecule has 0 spiro atoms. The first-order chi connectivity index (χ1) is 14.8. The molecule has 2 radical (unpaired) electrons. The van der Waals surface area contributed by atoms with Gasteiger partial charge in [-0.2, -0.15) is 0 Å². The fourth-order valence-corrected chi connectivity index (χ4v) is 0.800. The number of nitrogens with one attached hydrogen (secondary N) is 2. The van der Waals surface area contributed by atoms with Crippen molar-refractivity contribution in [1.29, 1.82) is 0 Å². The van der Waals surface area contributed by atoms with E-state index >= 15 is 0 Å². The smallest absolute Gasteiger partial charge is 0.759 e. The second-order valence-electron chi connectivity index (χ2n) is 4.30. The van der Waals surface area contributed by atoms with Crippen molar-refractivity contribution in [3.63, 3.8) is 0 Å². The Morgan fingerprint density at radius 2 is 0.477 bits per heavy atom. The Hall–Kier alpha value is -1.90. The van der Waals surface area contributed by atoms with E-state index in [4.69, 9.17) is 81.6 Å². The van der Waals surface area contributed by atoms with E-state index in [0.717, 1.165) is 11.4 Å². The molecule has 0 aliphatic rings. The molecule has 0 amide bonds. The zero-order valence-corrected chi connectivity index (χ0v) is 26.7. The van der Waals surface area contributed by atoms with Crippen LogP contribution < -0.4 is 21.4 Å². The third kappa shape index (κ3) is 308. The first-order valence-electron chi connectivity index (χ1n) is 6.89. The summed E-state index contributed by atoms with van der Waals surface area (Å²) in [4.78, 5) is 5.71. The van der Waals surface area contributed by atoms with Crippen LogP contribution in [0.5, 0.6) is 0 Å². The number of pyridine rings is 2. The summed E-state index contributed by atoms with van der Waals surface area (Å²) >= 11 is 0. The maximum absolute atomic E-state index is 8.52. The second-order valence-corrected chi connectivity index (χ2v) is 7.57. The number of hydrogen-bond acceptors (Lipinski definition) is 18. The molecule has 44 heavy (non-hydrogen) atoms. The second kappa shape index (κ2) is 45.5. The Bertz CT molecular complexity index is 1020. The van der Waals surface area contributed by atoms with Crippen LogP contribution >= 0.6 is 0 Å². The summed E-state index contributed by atoms with van der Waals surface area (Å²) < 4.78 is 136. The number of anilines is 2. The van der Waals surface area contributed by atoms with Crippen molar-refractivity contribution in [2.45, 2.75) is 0 Å². The monoisotopic (exact) mass is 838 g/mol. The van der Waals surface area contributed by atoms with E-state index in [2.05, 4.69) is 9.97 Å². The van der Waals surface area contributed by atoms with Crippen LogP contribution in [0.15, 0.2) is 49.1 Å². The van der Waals surface area contributed by atoms with Gasteiger partial charge in [-0.15, -0.1) is 0 Å². The molecule has 2 heterocycles. The van der Waals surface area contributed by atoms with Crippen molar-refractivity contribution >= 4 is 53.0 Å². The number of aromatic amines is 2. The Balaban J connectivity index is -0.0000000197. The third-order valence-corrected chi connectivity index (χ3v) is 1.49. The Morgan fingerprint density at radius 1 is 0.386 bits per heavy atom. The predicted octanol–water partition coefficient (Wildman–Crippen LogP) is -12.6. The number of aromatic nitrogens is 2. The quantitative estimate of drug-likeness (QED) is 0.108. The summed E-state index contributed by atoms with van der Waals surface area (Å²) in [6.45, 7) is 0. The van der Waals surface area contributed by atoms with E-state index in [9.17, 15) is 0 Å². The molecule has 0 saturated carbocycles. The molecule has 34 heteroatoms. The molecule has 0 atom stereocenters. The molecule has 2 rings (SSSR count). The molecule has 0 unspecified atom stereocenters. The average Bonchev–Trinajstić information content (AvgIpc) is 2.50. The number of nitrogens with two attached hydrogens (primary N) is 2. The molecule has 28 nitrogen and oxygen atoms in total. The third-order valence-electron chi connectivity index (χ3n) is 1.49. The summed E-state index contributed by atoms with van der Waals surface area (Å²) in [7, 11) is -20.7. The van der Waals surface area contributed by atoms with E-state index in [1.807, 2.05) is 0 Å². The zero-order valence-electron chi connectivity index (χ0n) is 21.3. The number of nitrogen functional groups attached to an aromatic ring is 2. The maximum atomic E-state index is 8.52.